The van der Waals surface area contributed by atoms with Crippen LogP contribution in [0.5, 0.6) is 0 Å². The summed E-state index contributed by atoms with van der Waals surface area (Å²) < 4.78 is 36.8. The molecule has 2 nitrogen and oxygen atoms in total. The van der Waals surface area contributed by atoms with E-state index in [1.807, 2.05) is 0 Å². The Morgan fingerprint density at radius 3 is 2.00 bits per heavy atom. The highest BCUT2D eigenvalue weighted by molar-refractivity contribution is 5.84. The zero-order valence-corrected chi connectivity index (χ0v) is 8.21. The molecule has 5 heteroatoms. The Kier molecular flexibility index (Phi) is 2.22. The fourth-order valence-electron chi connectivity index (χ4n) is 1.73. The smallest absolute Gasteiger partial charge is 0.416 e. The standard InChI is InChI=1S/C11H9F3O2/c12-11(13,14)8-3-1-7(2-4-8)10(5-6-10)9(15)16/h1-4H,5-6H2,(H,15,16). The Bertz CT molecular complexity index is 416. The van der Waals surface area contributed by atoms with Gasteiger partial charge in [0.1, 0.15) is 0 Å². The van der Waals surface area contributed by atoms with Crippen LogP contribution in [0.15, 0.2) is 24.3 Å². The van der Waals surface area contributed by atoms with Crippen LogP contribution < -0.4 is 0 Å². The normalized spacial score (nSPS) is 18.2. The number of hydrogen-bond donors (Lipinski definition) is 1. The number of carbonyl (C=O) groups is 1. The predicted octanol–water partition coefficient (Wildman–Crippen LogP) is 2.82. The zero-order chi connectivity index (χ0) is 12.0. The Morgan fingerprint density at radius 2 is 1.69 bits per heavy atom. The van der Waals surface area contributed by atoms with Crippen LogP contribution in [-0.4, -0.2) is 11.1 Å². The van der Waals surface area contributed by atoms with Crippen LogP contribution in [0.1, 0.15) is 24.0 Å². The molecule has 0 saturated heterocycles. The van der Waals surface area contributed by atoms with Gasteiger partial charge in [-0.1, -0.05) is 12.1 Å². The maximum absolute atomic E-state index is 12.3. The van der Waals surface area contributed by atoms with E-state index in [0.29, 0.717) is 18.4 Å². The van der Waals surface area contributed by atoms with Crippen LogP contribution in [0.4, 0.5) is 13.2 Å². The van der Waals surface area contributed by atoms with Crippen LogP contribution in [0.25, 0.3) is 0 Å². The van der Waals surface area contributed by atoms with Gasteiger partial charge in [0.05, 0.1) is 11.0 Å². The molecule has 16 heavy (non-hydrogen) atoms. The minimum Gasteiger partial charge on any atom is -0.481 e. The van der Waals surface area contributed by atoms with E-state index in [2.05, 4.69) is 0 Å². The van der Waals surface area contributed by atoms with Crippen molar-refractivity contribution in [1.82, 2.24) is 0 Å². The fraction of sp³-hybridized carbons (Fsp3) is 0.364. The molecule has 1 fully saturated rings. The molecule has 0 aliphatic heterocycles. The van der Waals surface area contributed by atoms with Gasteiger partial charge in [0.15, 0.2) is 0 Å². The summed E-state index contributed by atoms with van der Waals surface area (Å²) in [7, 11) is 0. The van der Waals surface area contributed by atoms with Gasteiger partial charge in [-0.25, -0.2) is 0 Å². The molecule has 0 unspecified atom stereocenters. The van der Waals surface area contributed by atoms with Gasteiger partial charge in [-0.2, -0.15) is 13.2 Å². The van der Waals surface area contributed by atoms with E-state index in [1.54, 1.807) is 0 Å². The summed E-state index contributed by atoms with van der Waals surface area (Å²) in [5.41, 5.74) is -1.24. The first-order valence-corrected chi connectivity index (χ1v) is 4.77. The number of aliphatic carboxylic acids is 1. The SMILES string of the molecule is O=C(O)C1(c2ccc(C(F)(F)F)cc2)CC1. The molecule has 0 radical (unpaired) electrons. The van der Waals surface area contributed by atoms with E-state index in [-0.39, 0.29) is 0 Å². The molecule has 0 bridgehead atoms. The van der Waals surface area contributed by atoms with Crippen molar-refractivity contribution in [2.75, 3.05) is 0 Å². The van der Waals surface area contributed by atoms with E-state index in [9.17, 15) is 18.0 Å². The second-order valence-electron chi connectivity index (χ2n) is 3.96. The molecular weight excluding hydrogens is 221 g/mol. The molecule has 0 heterocycles. The first-order valence-electron chi connectivity index (χ1n) is 4.77. The summed E-state index contributed by atoms with van der Waals surface area (Å²) in [6.45, 7) is 0. The lowest BCUT2D eigenvalue weighted by atomic mass is 9.95. The van der Waals surface area contributed by atoms with Gasteiger partial charge in [-0.05, 0) is 30.5 Å². The summed E-state index contributed by atoms with van der Waals surface area (Å²) in [6.07, 6.45) is -3.39. The van der Waals surface area contributed by atoms with Crippen LogP contribution in [-0.2, 0) is 16.4 Å². The van der Waals surface area contributed by atoms with E-state index in [4.69, 9.17) is 5.11 Å². The maximum Gasteiger partial charge on any atom is 0.416 e. The highest BCUT2D eigenvalue weighted by Gasteiger charge is 2.51. The van der Waals surface area contributed by atoms with E-state index in [1.165, 1.54) is 12.1 Å². The Morgan fingerprint density at radius 1 is 1.19 bits per heavy atom. The average Bonchev–Trinajstić information content (AvgIpc) is 2.97. The molecule has 0 aromatic heterocycles. The predicted molar refractivity (Wildman–Crippen MR) is 50.0 cm³/mol. The van der Waals surface area contributed by atoms with Gasteiger partial charge in [-0.3, -0.25) is 4.79 Å². The Balaban J connectivity index is 2.31. The first-order chi connectivity index (χ1) is 7.36. The Labute approximate surface area is 89.7 Å². The first kappa shape index (κ1) is 11.0. The highest BCUT2D eigenvalue weighted by atomic mass is 19.4. The van der Waals surface area contributed by atoms with Gasteiger partial charge >= 0.3 is 12.1 Å². The maximum atomic E-state index is 12.3. The van der Waals surface area contributed by atoms with Crippen LogP contribution >= 0.6 is 0 Å². The van der Waals surface area contributed by atoms with Gasteiger partial charge in [0.2, 0.25) is 0 Å². The summed E-state index contributed by atoms with van der Waals surface area (Å²) in [6, 6.07) is 4.37. The number of halogens is 3. The molecule has 2 rings (SSSR count). The van der Waals surface area contributed by atoms with E-state index < -0.39 is 23.1 Å². The van der Waals surface area contributed by atoms with Crippen molar-refractivity contribution < 1.29 is 23.1 Å². The molecule has 0 atom stereocenters. The molecule has 1 saturated carbocycles. The van der Waals surface area contributed by atoms with Gasteiger partial charge in [0, 0.05) is 0 Å². The lowest BCUT2D eigenvalue weighted by Gasteiger charge is -2.12. The lowest BCUT2D eigenvalue weighted by molar-refractivity contribution is -0.140. The van der Waals surface area contributed by atoms with Crippen molar-refractivity contribution in [1.29, 1.82) is 0 Å². The number of carboxylic acid groups (broad SMARTS) is 1. The summed E-state index contributed by atoms with van der Waals surface area (Å²) >= 11 is 0. The minimum atomic E-state index is -4.38. The van der Waals surface area contributed by atoms with Gasteiger partial charge in [-0.15, -0.1) is 0 Å². The number of carboxylic acids is 1. The summed E-state index contributed by atoms with van der Waals surface area (Å²) in [5, 5.41) is 8.96. The average molecular weight is 230 g/mol. The molecule has 0 amide bonds. The van der Waals surface area contributed by atoms with Crippen molar-refractivity contribution in [3.8, 4) is 0 Å². The third-order valence-corrected chi connectivity index (χ3v) is 2.92. The van der Waals surface area contributed by atoms with Crippen LogP contribution in [0.2, 0.25) is 0 Å². The number of rotatable bonds is 2. The van der Waals surface area contributed by atoms with Gasteiger partial charge < -0.3 is 5.11 Å². The second-order valence-corrected chi connectivity index (χ2v) is 3.96. The van der Waals surface area contributed by atoms with Crippen LogP contribution in [0, 0.1) is 0 Å². The Hall–Kier alpha value is -1.52. The molecule has 1 N–H and O–H groups in total. The van der Waals surface area contributed by atoms with Crippen LogP contribution in [0.3, 0.4) is 0 Å². The molecule has 1 aliphatic rings. The lowest BCUT2D eigenvalue weighted by Crippen LogP contribution is -2.19. The monoisotopic (exact) mass is 230 g/mol. The number of benzene rings is 1. The molecule has 0 spiro atoms. The van der Waals surface area contributed by atoms with E-state index >= 15 is 0 Å². The molecule has 1 aromatic rings. The molecular formula is C11H9F3O2. The molecule has 86 valence electrons. The molecule has 1 aromatic carbocycles. The van der Waals surface area contributed by atoms with Gasteiger partial charge in [0.25, 0.3) is 0 Å². The third-order valence-electron chi connectivity index (χ3n) is 2.92. The van der Waals surface area contributed by atoms with E-state index in [0.717, 1.165) is 12.1 Å². The van der Waals surface area contributed by atoms with Crippen molar-refractivity contribution >= 4 is 5.97 Å². The van der Waals surface area contributed by atoms with Crippen molar-refractivity contribution in [2.45, 2.75) is 24.4 Å². The topological polar surface area (TPSA) is 37.3 Å². The quantitative estimate of drug-likeness (QED) is 0.848. The second kappa shape index (κ2) is 3.23. The zero-order valence-electron chi connectivity index (χ0n) is 8.21. The third kappa shape index (κ3) is 1.66. The summed E-state index contributed by atoms with van der Waals surface area (Å²) in [5.74, 6) is -0.966. The fourth-order valence-corrected chi connectivity index (χ4v) is 1.73. The van der Waals surface area contributed by atoms with Crippen molar-refractivity contribution in [3.63, 3.8) is 0 Å². The molecule has 1 aliphatic carbocycles. The highest BCUT2D eigenvalue weighted by Crippen LogP contribution is 2.48. The van der Waals surface area contributed by atoms with Crippen molar-refractivity contribution in [2.24, 2.45) is 0 Å². The minimum absolute atomic E-state index is 0.452. The largest absolute Gasteiger partial charge is 0.481 e. The number of alkyl halides is 3. The van der Waals surface area contributed by atoms with Crippen molar-refractivity contribution in [3.05, 3.63) is 35.4 Å². The number of hydrogen-bond acceptors (Lipinski definition) is 1. The summed E-state index contributed by atoms with van der Waals surface area (Å²) in [4.78, 5) is 10.9.